The molecule has 2 N–H and O–H groups in total. The van der Waals surface area contributed by atoms with Crippen LogP contribution in [0, 0.1) is 6.92 Å². The Bertz CT molecular complexity index is 1140. The van der Waals surface area contributed by atoms with E-state index in [1.807, 2.05) is 45.0 Å². The average Bonchev–Trinajstić information content (AvgIpc) is 2.75. The van der Waals surface area contributed by atoms with Gasteiger partial charge in [0.25, 0.3) is 15.9 Å². The second kappa shape index (κ2) is 9.66. The Kier molecular flexibility index (Phi) is 6.97. The van der Waals surface area contributed by atoms with Gasteiger partial charge in [-0.05, 0) is 62.7 Å². The highest BCUT2D eigenvalue weighted by atomic mass is 32.2. The SMILES string of the molecule is CCOc1ccc([C@@H](C)NC(=O)c2ccccc2NS(=O)(=O)c2ccc(C)cc2)cc1. The molecule has 1 atom stereocenters. The van der Waals surface area contributed by atoms with Gasteiger partial charge < -0.3 is 10.1 Å². The van der Waals surface area contributed by atoms with E-state index in [4.69, 9.17) is 4.74 Å². The zero-order chi connectivity index (χ0) is 22.4. The molecule has 0 fully saturated rings. The fourth-order valence-electron chi connectivity index (χ4n) is 3.07. The minimum Gasteiger partial charge on any atom is -0.494 e. The third-order valence-corrected chi connectivity index (χ3v) is 6.17. The molecule has 0 aliphatic rings. The molecule has 31 heavy (non-hydrogen) atoms. The zero-order valence-corrected chi connectivity index (χ0v) is 18.6. The van der Waals surface area contributed by atoms with Crippen molar-refractivity contribution in [2.45, 2.75) is 31.7 Å². The first-order valence-corrected chi connectivity index (χ1v) is 11.5. The zero-order valence-electron chi connectivity index (χ0n) is 17.8. The highest BCUT2D eigenvalue weighted by Crippen LogP contribution is 2.22. The molecule has 3 aromatic carbocycles. The smallest absolute Gasteiger partial charge is 0.261 e. The molecule has 0 aromatic heterocycles. The summed E-state index contributed by atoms with van der Waals surface area (Å²) in [6.45, 7) is 6.25. The highest BCUT2D eigenvalue weighted by Gasteiger charge is 2.20. The molecule has 162 valence electrons. The molecule has 0 heterocycles. The van der Waals surface area contributed by atoms with E-state index < -0.39 is 10.0 Å². The van der Waals surface area contributed by atoms with Crippen molar-refractivity contribution in [1.82, 2.24) is 5.32 Å². The topological polar surface area (TPSA) is 84.5 Å². The number of carbonyl (C=O) groups is 1. The molecule has 0 aliphatic heterocycles. The molecule has 0 unspecified atom stereocenters. The molecular weight excluding hydrogens is 412 g/mol. The van der Waals surface area contributed by atoms with E-state index in [0.717, 1.165) is 16.9 Å². The van der Waals surface area contributed by atoms with Crippen LogP contribution in [0.5, 0.6) is 5.75 Å². The van der Waals surface area contributed by atoms with Crippen LogP contribution in [0.25, 0.3) is 0 Å². The maximum Gasteiger partial charge on any atom is 0.261 e. The van der Waals surface area contributed by atoms with Crippen LogP contribution >= 0.6 is 0 Å². The third-order valence-electron chi connectivity index (χ3n) is 4.79. The molecule has 6 nitrogen and oxygen atoms in total. The summed E-state index contributed by atoms with van der Waals surface area (Å²) in [5.41, 5.74) is 2.34. The number of aryl methyl sites for hydroxylation is 1. The van der Waals surface area contributed by atoms with Crippen LogP contribution in [0.4, 0.5) is 5.69 Å². The summed E-state index contributed by atoms with van der Waals surface area (Å²) in [4.78, 5) is 13.1. The Morgan fingerprint density at radius 2 is 1.61 bits per heavy atom. The first-order chi connectivity index (χ1) is 14.8. The van der Waals surface area contributed by atoms with Crippen LogP contribution in [0.2, 0.25) is 0 Å². The van der Waals surface area contributed by atoms with Crippen molar-refractivity contribution in [2.75, 3.05) is 11.3 Å². The number of benzene rings is 3. The lowest BCUT2D eigenvalue weighted by Crippen LogP contribution is -2.28. The van der Waals surface area contributed by atoms with Gasteiger partial charge in [-0.1, -0.05) is 42.0 Å². The molecule has 3 rings (SSSR count). The van der Waals surface area contributed by atoms with Crippen LogP contribution in [0.3, 0.4) is 0 Å². The lowest BCUT2D eigenvalue weighted by molar-refractivity contribution is 0.0941. The Morgan fingerprint density at radius 1 is 0.968 bits per heavy atom. The number of carbonyl (C=O) groups excluding carboxylic acids is 1. The predicted molar refractivity (Wildman–Crippen MR) is 122 cm³/mol. The standard InChI is InChI=1S/C24H26N2O4S/c1-4-30-20-13-11-19(12-14-20)18(3)25-24(27)22-7-5-6-8-23(22)26-31(28,29)21-15-9-17(2)10-16-21/h5-16,18,26H,4H2,1-3H3,(H,25,27)/t18-/m1/s1. The summed E-state index contributed by atoms with van der Waals surface area (Å²) < 4.78 is 33.5. The molecule has 0 spiro atoms. The molecule has 3 aromatic rings. The first-order valence-electron chi connectivity index (χ1n) is 10.0. The Labute approximate surface area is 183 Å². The number of rotatable bonds is 8. The van der Waals surface area contributed by atoms with Crippen LogP contribution in [-0.4, -0.2) is 20.9 Å². The maximum atomic E-state index is 12.9. The highest BCUT2D eigenvalue weighted by molar-refractivity contribution is 7.92. The molecule has 0 aliphatic carbocycles. The Morgan fingerprint density at radius 3 is 2.26 bits per heavy atom. The van der Waals surface area contributed by atoms with Gasteiger partial charge in [-0.3, -0.25) is 9.52 Å². The van der Waals surface area contributed by atoms with E-state index in [1.54, 1.807) is 36.4 Å². The van der Waals surface area contributed by atoms with E-state index in [1.165, 1.54) is 12.1 Å². The number of hydrogen-bond donors (Lipinski definition) is 2. The fraction of sp³-hybridized carbons (Fsp3) is 0.208. The fourth-order valence-corrected chi connectivity index (χ4v) is 4.15. The lowest BCUT2D eigenvalue weighted by Gasteiger charge is -2.17. The molecule has 0 saturated heterocycles. The maximum absolute atomic E-state index is 12.9. The second-order valence-corrected chi connectivity index (χ2v) is 8.84. The van der Waals surface area contributed by atoms with E-state index in [0.29, 0.717) is 6.61 Å². The van der Waals surface area contributed by atoms with Crippen LogP contribution in [0.15, 0.2) is 77.7 Å². The summed E-state index contributed by atoms with van der Waals surface area (Å²) in [7, 11) is -3.82. The van der Waals surface area contributed by atoms with E-state index in [9.17, 15) is 13.2 Å². The number of nitrogens with one attached hydrogen (secondary N) is 2. The van der Waals surface area contributed by atoms with Gasteiger partial charge in [-0.15, -0.1) is 0 Å². The largest absolute Gasteiger partial charge is 0.494 e. The number of hydrogen-bond acceptors (Lipinski definition) is 4. The van der Waals surface area contributed by atoms with Crippen molar-refractivity contribution in [2.24, 2.45) is 0 Å². The summed E-state index contributed by atoms with van der Waals surface area (Å²) >= 11 is 0. The van der Waals surface area contributed by atoms with Crippen LogP contribution < -0.4 is 14.8 Å². The summed E-state index contributed by atoms with van der Waals surface area (Å²) in [5, 5.41) is 2.92. The summed E-state index contributed by atoms with van der Waals surface area (Å²) in [6, 6.07) is 20.3. The van der Waals surface area contributed by atoms with Gasteiger partial charge in [0.15, 0.2) is 0 Å². The lowest BCUT2D eigenvalue weighted by atomic mass is 10.1. The number of para-hydroxylation sites is 1. The quantitative estimate of drug-likeness (QED) is 0.535. The minimum atomic E-state index is -3.82. The molecular formula is C24H26N2O4S. The van der Waals surface area contributed by atoms with Crippen molar-refractivity contribution < 1.29 is 17.9 Å². The van der Waals surface area contributed by atoms with Gasteiger partial charge in [0, 0.05) is 0 Å². The first kappa shape index (κ1) is 22.4. The van der Waals surface area contributed by atoms with Gasteiger partial charge in [0.2, 0.25) is 0 Å². The molecule has 0 saturated carbocycles. The second-order valence-electron chi connectivity index (χ2n) is 7.16. The summed E-state index contributed by atoms with van der Waals surface area (Å²) in [6.07, 6.45) is 0. The van der Waals surface area contributed by atoms with Gasteiger partial charge in [0.1, 0.15) is 5.75 Å². The van der Waals surface area contributed by atoms with E-state index in [2.05, 4.69) is 10.0 Å². The van der Waals surface area contributed by atoms with Crippen molar-refractivity contribution in [3.63, 3.8) is 0 Å². The summed E-state index contributed by atoms with van der Waals surface area (Å²) in [5.74, 6) is 0.393. The average molecular weight is 439 g/mol. The monoisotopic (exact) mass is 438 g/mol. The van der Waals surface area contributed by atoms with E-state index in [-0.39, 0.29) is 28.1 Å². The van der Waals surface area contributed by atoms with Crippen molar-refractivity contribution >= 4 is 21.6 Å². The van der Waals surface area contributed by atoms with Gasteiger partial charge in [-0.2, -0.15) is 0 Å². The number of ether oxygens (including phenoxy) is 1. The van der Waals surface area contributed by atoms with Crippen LogP contribution in [0.1, 0.15) is 41.4 Å². The van der Waals surface area contributed by atoms with Crippen LogP contribution in [-0.2, 0) is 10.0 Å². The third kappa shape index (κ3) is 5.64. The Hall–Kier alpha value is -3.32. The predicted octanol–water partition coefficient (Wildman–Crippen LogP) is 4.69. The normalized spacial score (nSPS) is 12.1. The number of amides is 1. The molecule has 0 bridgehead atoms. The van der Waals surface area contributed by atoms with Gasteiger partial charge in [0.05, 0.1) is 28.8 Å². The Balaban J connectivity index is 1.77. The van der Waals surface area contributed by atoms with Gasteiger partial charge >= 0.3 is 0 Å². The number of anilines is 1. The molecule has 7 heteroatoms. The minimum absolute atomic E-state index is 0.135. The van der Waals surface area contributed by atoms with Gasteiger partial charge in [-0.25, -0.2) is 8.42 Å². The number of sulfonamides is 1. The van der Waals surface area contributed by atoms with Crippen molar-refractivity contribution in [3.8, 4) is 5.75 Å². The van der Waals surface area contributed by atoms with E-state index >= 15 is 0 Å². The molecule has 0 radical (unpaired) electrons. The van der Waals surface area contributed by atoms with Crippen molar-refractivity contribution in [1.29, 1.82) is 0 Å². The van der Waals surface area contributed by atoms with Crippen molar-refractivity contribution in [3.05, 3.63) is 89.5 Å². The molecule has 1 amide bonds.